The molecule has 1 fully saturated rings. The van der Waals surface area contributed by atoms with Gasteiger partial charge in [0.2, 0.25) is 0 Å². The summed E-state index contributed by atoms with van der Waals surface area (Å²) in [5.74, 6) is 0.559. The summed E-state index contributed by atoms with van der Waals surface area (Å²) in [5.41, 5.74) is 0.923. The molecule has 0 aliphatic heterocycles. The van der Waals surface area contributed by atoms with E-state index < -0.39 is 9.84 Å². The zero-order valence-electron chi connectivity index (χ0n) is 9.99. The number of nitrogens with zero attached hydrogens (tertiary/aromatic N) is 2. The van der Waals surface area contributed by atoms with Gasteiger partial charge in [-0.05, 0) is 35.4 Å². The van der Waals surface area contributed by atoms with Gasteiger partial charge >= 0.3 is 0 Å². The number of aromatic nitrogens is 2. The second-order valence-corrected chi connectivity index (χ2v) is 8.26. The summed E-state index contributed by atoms with van der Waals surface area (Å²) in [7, 11) is -3.13. The highest BCUT2D eigenvalue weighted by molar-refractivity contribution is 14.1. The molecule has 1 aliphatic carbocycles. The molecular formula is C11H14ClIN2O2S. The second-order valence-electron chi connectivity index (χ2n) is 4.68. The Balaban J connectivity index is 2.39. The Hall–Kier alpha value is 0.0500. The van der Waals surface area contributed by atoms with Crippen LogP contribution in [0, 0.1) is 3.57 Å². The monoisotopic (exact) mass is 400 g/mol. The van der Waals surface area contributed by atoms with Gasteiger partial charge in [-0.25, -0.2) is 18.4 Å². The molecule has 0 spiro atoms. The van der Waals surface area contributed by atoms with E-state index in [2.05, 4.69) is 32.6 Å². The molecule has 4 nitrogen and oxygen atoms in total. The molecule has 0 radical (unpaired) electrons. The van der Waals surface area contributed by atoms with Crippen LogP contribution in [0.1, 0.15) is 43.1 Å². The van der Waals surface area contributed by atoms with Gasteiger partial charge in [0, 0.05) is 12.2 Å². The van der Waals surface area contributed by atoms with E-state index in [1.54, 1.807) is 0 Å². The first-order valence-electron chi connectivity index (χ1n) is 5.76. The zero-order valence-corrected chi connectivity index (χ0v) is 13.7. The van der Waals surface area contributed by atoms with Crippen molar-refractivity contribution in [2.45, 2.75) is 37.4 Å². The first kappa shape index (κ1) is 14.5. The van der Waals surface area contributed by atoms with E-state index in [0.717, 1.165) is 22.1 Å². The van der Waals surface area contributed by atoms with Crippen LogP contribution >= 0.6 is 34.2 Å². The number of halogens is 2. The molecule has 0 amide bonds. The molecular weight excluding hydrogens is 387 g/mol. The number of hydrogen-bond donors (Lipinski definition) is 0. The Morgan fingerprint density at radius 2 is 1.94 bits per heavy atom. The predicted molar refractivity (Wildman–Crippen MR) is 79.5 cm³/mol. The van der Waals surface area contributed by atoms with Gasteiger partial charge in [-0.1, -0.05) is 24.4 Å². The number of sulfone groups is 1. The van der Waals surface area contributed by atoms with Crippen LogP contribution < -0.4 is 0 Å². The minimum atomic E-state index is -3.13. The lowest BCUT2D eigenvalue weighted by molar-refractivity contribution is 0.598. The van der Waals surface area contributed by atoms with Crippen LogP contribution in [0.4, 0.5) is 0 Å². The Bertz CT molecular complexity index is 556. The summed E-state index contributed by atoms with van der Waals surface area (Å²) in [5, 5.41) is 0.367. The fourth-order valence-electron chi connectivity index (χ4n) is 2.25. The lowest BCUT2D eigenvalue weighted by Crippen LogP contribution is -2.10. The fraction of sp³-hybridized carbons (Fsp3) is 0.636. The summed E-state index contributed by atoms with van der Waals surface area (Å²) < 4.78 is 23.5. The van der Waals surface area contributed by atoms with Crippen molar-refractivity contribution in [2.75, 3.05) is 6.26 Å². The quantitative estimate of drug-likeness (QED) is 0.578. The molecule has 0 unspecified atom stereocenters. The van der Waals surface area contributed by atoms with Gasteiger partial charge in [0.05, 0.1) is 9.26 Å². The molecule has 2 rings (SSSR count). The van der Waals surface area contributed by atoms with Crippen molar-refractivity contribution in [3.05, 3.63) is 20.2 Å². The summed E-state index contributed by atoms with van der Waals surface area (Å²) in [6, 6.07) is 0. The van der Waals surface area contributed by atoms with Crippen molar-refractivity contribution < 1.29 is 8.42 Å². The fourth-order valence-corrected chi connectivity index (χ4v) is 3.72. The Kier molecular flexibility index (Phi) is 4.48. The molecule has 1 aromatic rings. The molecule has 100 valence electrons. The Morgan fingerprint density at radius 1 is 1.33 bits per heavy atom. The molecule has 0 N–H and O–H groups in total. The van der Waals surface area contributed by atoms with Crippen molar-refractivity contribution in [3.8, 4) is 0 Å². The molecule has 0 atom stereocenters. The van der Waals surface area contributed by atoms with Crippen LogP contribution in [0.3, 0.4) is 0 Å². The van der Waals surface area contributed by atoms with Crippen molar-refractivity contribution in [3.63, 3.8) is 0 Å². The summed E-state index contributed by atoms with van der Waals surface area (Å²) >= 11 is 8.21. The average molecular weight is 401 g/mol. The maximum atomic E-state index is 11.3. The molecule has 0 saturated heterocycles. The molecule has 0 bridgehead atoms. The molecule has 1 heterocycles. The lowest BCUT2D eigenvalue weighted by Gasteiger charge is -2.13. The van der Waals surface area contributed by atoms with E-state index >= 15 is 0 Å². The smallest absolute Gasteiger partial charge is 0.154 e. The van der Waals surface area contributed by atoms with Gasteiger partial charge in [0.1, 0.15) is 16.7 Å². The number of hydrogen-bond acceptors (Lipinski definition) is 4. The summed E-state index contributed by atoms with van der Waals surface area (Å²) in [6.07, 6.45) is 5.77. The third kappa shape index (κ3) is 3.54. The normalized spacial score (nSPS) is 17.3. The third-order valence-electron chi connectivity index (χ3n) is 3.02. The molecule has 0 aromatic carbocycles. The van der Waals surface area contributed by atoms with Crippen molar-refractivity contribution in [2.24, 2.45) is 0 Å². The highest BCUT2D eigenvalue weighted by Gasteiger charge is 2.24. The first-order chi connectivity index (χ1) is 8.37. The average Bonchev–Trinajstić information content (AvgIpc) is 2.74. The van der Waals surface area contributed by atoms with Gasteiger partial charge in [0.25, 0.3) is 0 Å². The summed E-state index contributed by atoms with van der Waals surface area (Å²) in [4.78, 5) is 8.48. The highest BCUT2D eigenvalue weighted by Crippen LogP contribution is 2.36. The minimum Gasteiger partial charge on any atom is -0.235 e. The Morgan fingerprint density at radius 3 is 2.50 bits per heavy atom. The van der Waals surface area contributed by atoms with E-state index in [0.29, 0.717) is 16.9 Å². The van der Waals surface area contributed by atoms with Crippen molar-refractivity contribution in [1.29, 1.82) is 0 Å². The van der Waals surface area contributed by atoms with Crippen LogP contribution in [0.15, 0.2) is 0 Å². The lowest BCUT2D eigenvalue weighted by atomic mass is 10.0. The molecule has 18 heavy (non-hydrogen) atoms. The SMILES string of the molecule is CS(=O)(=O)Cc1nc(Cl)c(I)c(C2CCCC2)n1. The van der Waals surface area contributed by atoms with Gasteiger partial charge in [-0.3, -0.25) is 0 Å². The van der Waals surface area contributed by atoms with E-state index in [1.165, 1.54) is 19.1 Å². The predicted octanol–water partition coefficient (Wildman–Crippen LogP) is 2.94. The van der Waals surface area contributed by atoms with E-state index in [9.17, 15) is 8.42 Å². The second kappa shape index (κ2) is 5.58. The van der Waals surface area contributed by atoms with Crippen LogP contribution in [-0.4, -0.2) is 24.6 Å². The Labute approximate surface area is 126 Å². The highest BCUT2D eigenvalue weighted by atomic mass is 127. The van der Waals surface area contributed by atoms with E-state index in [4.69, 9.17) is 11.6 Å². The van der Waals surface area contributed by atoms with Crippen molar-refractivity contribution >= 4 is 44.0 Å². The van der Waals surface area contributed by atoms with Gasteiger partial charge in [-0.15, -0.1) is 0 Å². The maximum Gasteiger partial charge on any atom is 0.154 e. The van der Waals surface area contributed by atoms with Gasteiger partial charge in [0.15, 0.2) is 9.84 Å². The largest absolute Gasteiger partial charge is 0.235 e. The van der Waals surface area contributed by atoms with E-state index in [-0.39, 0.29) is 5.75 Å². The van der Waals surface area contributed by atoms with Crippen LogP contribution in [-0.2, 0) is 15.6 Å². The third-order valence-corrected chi connectivity index (χ3v) is 5.45. The van der Waals surface area contributed by atoms with Gasteiger partial charge < -0.3 is 0 Å². The van der Waals surface area contributed by atoms with E-state index in [1.807, 2.05) is 0 Å². The topological polar surface area (TPSA) is 59.9 Å². The first-order valence-corrected chi connectivity index (χ1v) is 9.28. The van der Waals surface area contributed by atoms with Crippen LogP contribution in [0.2, 0.25) is 5.15 Å². The molecule has 1 aromatic heterocycles. The van der Waals surface area contributed by atoms with Crippen LogP contribution in [0.25, 0.3) is 0 Å². The van der Waals surface area contributed by atoms with Gasteiger partial charge in [-0.2, -0.15) is 0 Å². The standard InChI is InChI=1S/C11H14ClIN2O2S/c1-18(16,17)6-8-14-10(7-4-2-3-5-7)9(13)11(12)15-8/h7H,2-6H2,1H3. The maximum absolute atomic E-state index is 11.3. The minimum absolute atomic E-state index is 0.149. The molecule has 7 heteroatoms. The number of rotatable bonds is 3. The van der Waals surface area contributed by atoms with Crippen molar-refractivity contribution in [1.82, 2.24) is 9.97 Å². The molecule has 1 saturated carbocycles. The molecule has 1 aliphatic rings. The van der Waals surface area contributed by atoms with Crippen LogP contribution in [0.5, 0.6) is 0 Å². The zero-order chi connectivity index (χ0) is 13.3. The summed E-state index contributed by atoms with van der Waals surface area (Å²) in [6.45, 7) is 0.